The lowest BCUT2D eigenvalue weighted by molar-refractivity contribution is -0.384. The highest BCUT2D eigenvalue weighted by atomic mass is 16.6. The van der Waals surface area contributed by atoms with Crippen LogP contribution in [0.25, 0.3) is 0 Å². The van der Waals surface area contributed by atoms with Gasteiger partial charge in [0.05, 0.1) is 4.92 Å². The van der Waals surface area contributed by atoms with Crippen molar-refractivity contribution in [2.75, 3.05) is 6.54 Å². The Kier molecular flexibility index (Phi) is 2.97. The first kappa shape index (κ1) is 9.67. The van der Waals surface area contributed by atoms with Crippen molar-refractivity contribution in [3.8, 4) is 0 Å². The molecule has 13 heavy (non-hydrogen) atoms. The molecule has 0 heterocycles. The summed E-state index contributed by atoms with van der Waals surface area (Å²) in [5.74, 6) is 0. The van der Waals surface area contributed by atoms with E-state index in [1.807, 2.05) is 6.92 Å². The van der Waals surface area contributed by atoms with Crippen LogP contribution in [0.5, 0.6) is 0 Å². The fourth-order valence-electron chi connectivity index (χ4n) is 1.23. The van der Waals surface area contributed by atoms with E-state index in [2.05, 4.69) is 0 Å². The molecule has 0 atom stereocenters. The van der Waals surface area contributed by atoms with Gasteiger partial charge >= 0.3 is 0 Å². The van der Waals surface area contributed by atoms with Crippen molar-refractivity contribution in [3.63, 3.8) is 0 Å². The molecule has 0 spiro atoms. The molecule has 0 fully saturated rings. The van der Waals surface area contributed by atoms with Gasteiger partial charge in [-0.05, 0) is 31.0 Å². The predicted octanol–water partition coefficient (Wildman–Crippen LogP) is 1.40. The van der Waals surface area contributed by atoms with E-state index in [1.165, 1.54) is 6.07 Å². The second-order valence-corrected chi connectivity index (χ2v) is 2.91. The highest BCUT2D eigenvalue weighted by molar-refractivity contribution is 5.39. The zero-order valence-electron chi connectivity index (χ0n) is 7.49. The normalized spacial score (nSPS) is 10.0. The van der Waals surface area contributed by atoms with Crippen molar-refractivity contribution in [2.24, 2.45) is 5.73 Å². The second-order valence-electron chi connectivity index (χ2n) is 2.91. The molecule has 70 valence electrons. The van der Waals surface area contributed by atoms with E-state index in [0.29, 0.717) is 6.54 Å². The number of rotatable bonds is 3. The van der Waals surface area contributed by atoms with Crippen molar-refractivity contribution in [2.45, 2.75) is 13.3 Å². The van der Waals surface area contributed by atoms with Crippen LogP contribution in [0.4, 0.5) is 5.69 Å². The number of nitro groups is 1. The SMILES string of the molecule is Cc1cc([N+](=O)[O-])ccc1CCN. The van der Waals surface area contributed by atoms with Crippen molar-refractivity contribution < 1.29 is 4.92 Å². The Morgan fingerprint density at radius 3 is 2.69 bits per heavy atom. The van der Waals surface area contributed by atoms with Crippen LogP contribution in [0.1, 0.15) is 11.1 Å². The van der Waals surface area contributed by atoms with Crippen molar-refractivity contribution in [3.05, 3.63) is 39.4 Å². The molecule has 0 radical (unpaired) electrons. The van der Waals surface area contributed by atoms with Gasteiger partial charge in [0.1, 0.15) is 0 Å². The van der Waals surface area contributed by atoms with Crippen LogP contribution < -0.4 is 5.73 Å². The minimum Gasteiger partial charge on any atom is -0.330 e. The maximum Gasteiger partial charge on any atom is 0.269 e. The molecule has 4 heteroatoms. The summed E-state index contributed by atoms with van der Waals surface area (Å²) in [4.78, 5) is 10.0. The third kappa shape index (κ3) is 2.26. The average Bonchev–Trinajstić information content (AvgIpc) is 2.08. The summed E-state index contributed by atoms with van der Waals surface area (Å²) in [6.07, 6.45) is 0.768. The molecule has 0 saturated carbocycles. The minimum absolute atomic E-state index is 0.137. The van der Waals surface area contributed by atoms with Gasteiger partial charge in [0.25, 0.3) is 5.69 Å². The monoisotopic (exact) mass is 180 g/mol. The van der Waals surface area contributed by atoms with Crippen molar-refractivity contribution in [1.82, 2.24) is 0 Å². The Hall–Kier alpha value is -1.42. The molecule has 0 unspecified atom stereocenters. The number of hydrogen-bond donors (Lipinski definition) is 1. The van der Waals surface area contributed by atoms with Crippen LogP contribution in [0.2, 0.25) is 0 Å². The number of nitro benzene ring substituents is 1. The Bertz CT molecular complexity index is 323. The summed E-state index contributed by atoms with van der Waals surface area (Å²) in [6, 6.07) is 4.85. The molecule has 0 amide bonds. The van der Waals surface area contributed by atoms with E-state index in [4.69, 9.17) is 5.73 Å². The van der Waals surface area contributed by atoms with E-state index in [0.717, 1.165) is 17.5 Å². The van der Waals surface area contributed by atoms with E-state index >= 15 is 0 Å². The molecule has 1 rings (SSSR count). The second kappa shape index (κ2) is 4.00. The van der Waals surface area contributed by atoms with Gasteiger partial charge in [0, 0.05) is 12.1 Å². The highest BCUT2D eigenvalue weighted by Crippen LogP contribution is 2.16. The first-order valence-electron chi connectivity index (χ1n) is 4.09. The smallest absolute Gasteiger partial charge is 0.269 e. The summed E-state index contributed by atoms with van der Waals surface area (Å²) in [6.45, 7) is 2.43. The Morgan fingerprint density at radius 2 is 2.23 bits per heavy atom. The fraction of sp³-hybridized carbons (Fsp3) is 0.333. The molecule has 1 aromatic carbocycles. The predicted molar refractivity (Wildman–Crippen MR) is 50.6 cm³/mol. The van der Waals surface area contributed by atoms with Gasteiger partial charge in [-0.1, -0.05) is 6.07 Å². The lowest BCUT2D eigenvalue weighted by atomic mass is 10.1. The molecule has 0 aromatic heterocycles. The largest absolute Gasteiger partial charge is 0.330 e. The van der Waals surface area contributed by atoms with Gasteiger partial charge in [-0.25, -0.2) is 0 Å². The number of hydrogen-bond acceptors (Lipinski definition) is 3. The molecule has 0 aliphatic heterocycles. The van der Waals surface area contributed by atoms with Crippen LogP contribution in [-0.2, 0) is 6.42 Å². The zero-order valence-corrected chi connectivity index (χ0v) is 7.49. The zero-order chi connectivity index (χ0) is 9.84. The molecule has 0 aliphatic carbocycles. The Balaban J connectivity index is 2.98. The van der Waals surface area contributed by atoms with Gasteiger partial charge in [-0.3, -0.25) is 10.1 Å². The molecule has 0 aliphatic rings. The van der Waals surface area contributed by atoms with Crippen LogP contribution in [0, 0.1) is 17.0 Å². The van der Waals surface area contributed by atoms with Gasteiger partial charge in [0.2, 0.25) is 0 Å². The van der Waals surface area contributed by atoms with E-state index in [1.54, 1.807) is 12.1 Å². The summed E-state index contributed by atoms with van der Waals surface area (Å²) in [5.41, 5.74) is 7.54. The van der Waals surface area contributed by atoms with Gasteiger partial charge in [0.15, 0.2) is 0 Å². The van der Waals surface area contributed by atoms with Crippen LogP contribution >= 0.6 is 0 Å². The lowest BCUT2D eigenvalue weighted by Gasteiger charge is -2.02. The summed E-state index contributed by atoms with van der Waals surface area (Å²) in [5, 5.41) is 10.4. The van der Waals surface area contributed by atoms with E-state index in [-0.39, 0.29) is 10.6 Å². The molecular formula is C9H12N2O2. The number of nitrogens with two attached hydrogens (primary N) is 1. The average molecular weight is 180 g/mol. The first-order chi connectivity index (χ1) is 6.15. The topological polar surface area (TPSA) is 69.2 Å². The van der Waals surface area contributed by atoms with Crippen LogP contribution in [-0.4, -0.2) is 11.5 Å². The summed E-state index contributed by atoms with van der Waals surface area (Å²) >= 11 is 0. The lowest BCUT2D eigenvalue weighted by Crippen LogP contribution is -2.04. The van der Waals surface area contributed by atoms with Gasteiger partial charge < -0.3 is 5.73 Å². The number of non-ortho nitro benzene ring substituents is 1. The minimum atomic E-state index is -0.390. The molecule has 2 N–H and O–H groups in total. The van der Waals surface area contributed by atoms with Crippen molar-refractivity contribution in [1.29, 1.82) is 0 Å². The Morgan fingerprint density at radius 1 is 1.54 bits per heavy atom. The van der Waals surface area contributed by atoms with Crippen LogP contribution in [0.15, 0.2) is 18.2 Å². The Labute approximate surface area is 76.5 Å². The summed E-state index contributed by atoms with van der Waals surface area (Å²) < 4.78 is 0. The van der Waals surface area contributed by atoms with E-state index in [9.17, 15) is 10.1 Å². The first-order valence-corrected chi connectivity index (χ1v) is 4.09. The third-order valence-electron chi connectivity index (χ3n) is 1.95. The highest BCUT2D eigenvalue weighted by Gasteiger charge is 2.06. The molecule has 4 nitrogen and oxygen atoms in total. The van der Waals surface area contributed by atoms with Gasteiger partial charge in [-0.2, -0.15) is 0 Å². The number of nitrogens with zero attached hydrogens (tertiary/aromatic N) is 1. The molecule has 1 aromatic rings. The number of benzene rings is 1. The molecule has 0 saturated heterocycles. The standard InChI is InChI=1S/C9H12N2O2/c1-7-6-9(11(12)13)3-2-8(7)4-5-10/h2-3,6H,4-5,10H2,1H3. The maximum atomic E-state index is 10.4. The molecule has 0 bridgehead atoms. The van der Waals surface area contributed by atoms with Crippen molar-refractivity contribution >= 4 is 5.69 Å². The third-order valence-corrected chi connectivity index (χ3v) is 1.95. The fourth-order valence-corrected chi connectivity index (χ4v) is 1.23. The van der Waals surface area contributed by atoms with Gasteiger partial charge in [-0.15, -0.1) is 0 Å². The summed E-state index contributed by atoms with van der Waals surface area (Å²) in [7, 11) is 0. The number of aryl methyl sites for hydroxylation is 1. The van der Waals surface area contributed by atoms with E-state index < -0.39 is 0 Å². The maximum absolute atomic E-state index is 10.4. The quantitative estimate of drug-likeness (QED) is 0.564. The molecular weight excluding hydrogens is 168 g/mol. The van der Waals surface area contributed by atoms with Crippen LogP contribution in [0.3, 0.4) is 0 Å².